The van der Waals surface area contributed by atoms with Crippen molar-refractivity contribution >= 4 is 23.2 Å². The second kappa shape index (κ2) is 7.13. The van der Waals surface area contributed by atoms with Crippen LogP contribution < -0.4 is 5.32 Å². The predicted molar refractivity (Wildman–Crippen MR) is 69.4 cm³/mol. The summed E-state index contributed by atoms with van der Waals surface area (Å²) in [5, 5.41) is 4.80. The summed E-state index contributed by atoms with van der Waals surface area (Å²) in [7, 11) is 1.68. The van der Waals surface area contributed by atoms with Crippen molar-refractivity contribution in [2.75, 3.05) is 20.3 Å². The van der Waals surface area contributed by atoms with Gasteiger partial charge in [0.05, 0.1) is 12.6 Å². The van der Waals surface area contributed by atoms with Gasteiger partial charge in [0.2, 0.25) is 0 Å². The average molecular weight is 262 g/mol. The summed E-state index contributed by atoms with van der Waals surface area (Å²) in [6, 6.07) is 5.58. The highest BCUT2D eigenvalue weighted by Gasteiger charge is 2.14. The monoisotopic (exact) mass is 261 g/mol. The third kappa shape index (κ3) is 3.95. The summed E-state index contributed by atoms with van der Waals surface area (Å²) in [5.41, 5.74) is 0.990. The molecule has 0 aliphatic rings. The van der Waals surface area contributed by atoms with Gasteiger partial charge in [-0.1, -0.05) is 30.1 Å². The standard InChI is InChI=1S/C12H17Cl2NO/c1-3-6-15-12(8-16-2)10-7-9(13)4-5-11(10)14/h4-5,7,12,15H,3,6,8H2,1-2H3. The Hall–Kier alpha value is -0.280. The largest absolute Gasteiger partial charge is 0.383 e. The van der Waals surface area contributed by atoms with Gasteiger partial charge in [0.1, 0.15) is 0 Å². The lowest BCUT2D eigenvalue weighted by Gasteiger charge is -2.19. The van der Waals surface area contributed by atoms with Crippen LogP contribution in [0.4, 0.5) is 0 Å². The smallest absolute Gasteiger partial charge is 0.0658 e. The van der Waals surface area contributed by atoms with Crippen molar-refractivity contribution < 1.29 is 4.74 Å². The second-order valence-corrected chi connectivity index (χ2v) is 4.47. The van der Waals surface area contributed by atoms with E-state index in [1.807, 2.05) is 12.1 Å². The maximum absolute atomic E-state index is 6.15. The van der Waals surface area contributed by atoms with E-state index in [-0.39, 0.29) is 6.04 Å². The van der Waals surface area contributed by atoms with Gasteiger partial charge in [-0.3, -0.25) is 0 Å². The lowest BCUT2D eigenvalue weighted by atomic mass is 10.1. The summed E-state index contributed by atoms with van der Waals surface area (Å²) < 4.78 is 5.19. The molecule has 16 heavy (non-hydrogen) atoms. The van der Waals surface area contributed by atoms with Crippen molar-refractivity contribution in [2.45, 2.75) is 19.4 Å². The van der Waals surface area contributed by atoms with Gasteiger partial charge >= 0.3 is 0 Å². The maximum Gasteiger partial charge on any atom is 0.0658 e. The van der Waals surface area contributed by atoms with E-state index in [0.29, 0.717) is 11.6 Å². The highest BCUT2D eigenvalue weighted by atomic mass is 35.5. The number of hydrogen-bond donors (Lipinski definition) is 1. The number of methoxy groups -OCH3 is 1. The fourth-order valence-corrected chi connectivity index (χ4v) is 1.96. The molecule has 0 radical (unpaired) electrons. The van der Waals surface area contributed by atoms with Crippen molar-refractivity contribution in [2.24, 2.45) is 0 Å². The number of rotatable bonds is 6. The molecule has 0 spiro atoms. The van der Waals surface area contributed by atoms with E-state index < -0.39 is 0 Å². The van der Waals surface area contributed by atoms with Crippen LogP contribution in [-0.4, -0.2) is 20.3 Å². The van der Waals surface area contributed by atoms with E-state index in [2.05, 4.69) is 12.2 Å². The normalized spacial score (nSPS) is 12.8. The van der Waals surface area contributed by atoms with Crippen molar-refractivity contribution in [1.29, 1.82) is 0 Å². The number of ether oxygens (including phenoxy) is 1. The molecular weight excluding hydrogens is 245 g/mol. The van der Waals surface area contributed by atoms with Crippen LogP contribution in [-0.2, 0) is 4.74 Å². The first kappa shape index (κ1) is 13.8. The summed E-state index contributed by atoms with van der Waals surface area (Å²) in [5.74, 6) is 0. The van der Waals surface area contributed by atoms with Crippen LogP contribution in [0.3, 0.4) is 0 Å². The quantitative estimate of drug-likeness (QED) is 0.844. The molecule has 0 amide bonds. The Morgan fingerprint density at radius 2 is 2.12 bits per heavy atom. The van der Waals surface area contributed by atoms with Crippen molar-refractivity contribution in [3.05, 3.63) is 33.8 Å². The molecule has 0 fully saturated rings. The minimum absolute atomic E-state index is 0.0937. The minimum Gasteiger partial charge on any atom is -0.383 e. The van der Waals surface area contributed by atoms with Gasteiger partial charge in [-0.15, -0.1) is 0 Å². The van der Waals surface area contributed by atoms with Gasteiger partial charge in [-0.25, -0.2) is 0 Å². The SMILES string of the molecule is CCCNC(COC)c1cc(Cl)ccc1Cl. The molecule has 1 unspecified atom stereocenters. The summed E-state index contributed by atoms with van der Waals surface area (Å²) >= 11 is 12.1. The van der Waals surface area contributed by atoms with Crippen LogP contribution >= 0.6 is 23.2 Å². The van der Waals surface area contributed by atoms with Gasteiger partial charge in [-0.05, 0) is 36.7 Å². The summed E-state index contributed by atoms with van der Waals surface area (Å²) in [4.78, 5) is 0. The Morgan fingerprint density at radius 3 is 2.75 bits per heavy atom. The maximum atomic E-state index is 6.15. The van der Waals surface area contributed by atoms with Gasteiger partial charge in [-0.2, -0.15) is 0 Å². The predicted octanol–water partition coefficient (Wildman–Crippen LogP) is 3.68. The molecule has 0 saturated heterocycles. The summed E-state index contributed by atoms with van der Waals surface area (Å²) in [6.07, 6.45) is 1.07. The molecule has 1 aromatic rings. The molecule has 4 heteroatoms. The van der Waals surface area contributed by atoms with Crippen LogP contribution in [0.15, 0.2) is 18.2 Å². The van der Waals surface area contributed by atoms with E-state index >= 15 is 0 Å². The first-order chi connectivity index (χ1) is 7.69. The van der Waals surface area contributed by atoms with Crippen LogP contribution in [0.1, 0.15) is 24.9 Å². The van der Waals surface area contributed by atoms with Crippen LogP contribution in [0.5, 0.6) is 0 Å². The fourth-order valence-electron chi connectivity index (χ4n) is 1.53. The van der Waals surface area contributed by atoms with Crippen molar-refractivity contribution in [3.8, 4) is 0 Å². The van der Waals surface area contributed by atoms with Gasteiger partial charge in [0, 0.05) is 17.2 Å². The number of benzene rings is 1. The van der Waals surface area contributed by atoms with E-state index in [1.54, 1.807) is 13.2 Å². The van der Waals surface area contributed by atoms with E-state index in [4.69, 9.17) is 27.9 Å². The molecule has 2 nitrogen and oxygen atoms in total. The van der Waals surface area contributed by atoms with E-state index in [9.17, 15) is 0 Å². The molecule has 1 aromatic carbocycles. The van der Waals surface area contributed by atoms with Crippen LogP contribution in [0.25, 0.3) is 0 Å². The third-order valence-corrected chi connectivity index (χ3v) is 2.89. The van der Waals surface area contributed by atoms with Gasteiger partial charge < -0.3 is 10.1 Å². The first-order valence-corrected chi connectivity index (χ1v) is 6.12. The van der Waals surface area contributed by atoms with E-state index in [1.165, 1.54) is 0 Å². The molecule has 1 N–H and O–H groups in total. The van der Waals surface area contributed by atoms with Crippen molar-refractivity contribution in [1.82, 2.24) is 5.32 Å². The Morgan fingerprint density at radius 1 is 1.38 bits per heavy atom. The molecular formula is C12H17Cl2NO. The molecule has 0 aliphatic heterocycles. The number of nitrogens with one attached hydrogen (secondary N) is 1. The lowest BCUT2D eigenvalue weighted by Crippen LogP contribution is -2.26. The Labute approximate surface area is 107 Å². The zero-order valence-corrected chi connectivity index (χ0v) is 11.1. The molecule has 0 heterocycles. The molecule has 90 valence electrons. The average Bonchev–Trinajstić information content (AvgIpc) is 2.28. The molecule has 0 bridgehead atoms. The fraction of sp³-hybridized carbons (Fsp3) is 0.500. The second-order valence-electron chi connectivity index (χ2n) is 3.63. The van der Waals surface area contributed by atoms with Crippen LogP contribution in [0.2, 0.25) is 10.0 Å². The van der Waals surface area contributed by atoms with Gasteiger partial charge in [0.15, 0.2) is 0 Å². The number of halogens is 2. The number of hydrogen-bond acceptors (Lipinski definition) is 2. The third-order valence-electron chi connectivity index (χ3n) is 2.31. The van der Waals surface area contributed by atoms with Gasteiger partial charge in [0.25, 0.3) is 0 Å². The summed E-state index contributed by atoms with van der Waals surface area (Å²) in [6.45, 7) is 3.63. The van der Waals surface area contributed by atoms with Crippen molar-refractivity contribution in [3.63, 3.8) is 0 Å². The Kier molecular flexibility index (Phi) is 6.14. The molecule has 1 rings (SSSR count). The molecule has 0 aromatic heterocycles. The molecule has 0 saturated carbocycles. The first-order valence-electron chi connectivity index (χ1n) is 5.36. The highest BCUT2D eigenvalue weighted by molar-refractivity contribution is 6.33. The zero-order valence-electron chi connectivity index (χ0n) is 9.59. The van der Waals surface area contributed by atoms with Crippen LogP contribution in [0, 0.1) is 0 Å². The lowest BCUT2D eigenvalue weighted by molar-refractivity contribution is 0.167. The molecule has 0 aliphatic carbocycles. The molecule has 1 atom stereocenters. The Balaban J connectivity index is 2.85. The topological polar surface area (TPSA) is 21.3 Å². The minimum atomic E-state index is 0.0937. The highest BCUT2D eigenvalue weighted by Crippen LogP contribution is 2.26. The van der Waals surface area contributed by atoms with E-state index in [0.717, 1.165) is 23.6 Å². The Bertz CT molecular complexity index is 331. The zero-order chi connectivity index (χ0) is 12.0.